The predicted molar refractivity (Wildman–Crippen MR) is 102 cm³/mol. The third kappa shape index (κ3) is 4.15. The fourth-order valence-corrected chi connectivity index (χ4v) is 3.25. The van der Waals surface area contributed by atoms with Gasteiger partial charge in [0, 0.05) is 5.92 Å². The normalized spacial score (nSPS) is 14.4. The molecular formula is C23H23FO. The van der Waals surface area contributed by atoms with Gasteiger partial charge in [0.15, 0.2) is 0 Å². The Labute approximate surface area is 148 Å². The van der Waals surface area contributed by atoms with Gasteiger partial charge in [-0.1, -0.05) is 72.8 Å². The predicted octanol–water partition coefficient (Wildman–Crippen LogP) is 6.00. The van der Waals surface area contributed by atoms with Crippen LogP contribution in [-0.2, 0) is 6.42 Å². The van der Waals surface area contributed by atoms with Gasteiger partial charge in [0.1, 0.15) is 5.83 Å². The van der Waals surface area contributed by atoms with Crippen molar-refractivity contribution in [2.24, 2.45) is 5.92 Å². The van der Waals surface area contributed by atoms with Gasteiger partial charge < -0.3 is 5.11 Å². The van der Waals surface area contributed by atoms with Gasteiger partial charge in [-0.3, -0.25) is 0 Å². The molecule has 2 atom stereocenters. The standard InChI is InChI=1S/C23H23FO/c1-2-22(24)21(15-12-17-8-4-3-5-9-17)23(25)20-14-13-18-10-6-7-11-19(18)16-20/h2-11,13-14,16,21,23,25H,12,15H2,1H3/b22-2-/t21-,23+/m1/s1. The number of aliphatic hydroxyl groups excluding tert-OH is 1. The molecule has 0 bridgehead atoms. The largest absolute Gasteiger partial charge is 0.388 e. The van der Waals surface area contributed by atoms with Crippen molar-refractivity contribution in [2.45, 2.75) is 25.9 Å². The minimum atomic E-state index is -0.857. The summed E-state index contributed by atoms with van der Waals surface area (Å²) < 4.78 is 14.5. The van der Waals surface area contributed by atoms with E-state index < -0.39 is 12.0 Å². The minimum Gasteiger partial charge on any atom is -0.388 e. The summed E-state index contributed by atoms with van der Waals surface area (Å²) in [5.74, 6) is -0.789. The van der Waals surface area contributed by atoms with Crippen molar-refractivity contribution in [3.05, 3.63) is 95.8 Å². The number of aryl methyl sites for hydroxylation is 1. The third-order valence-corrected chi connectivity index (χ3v) is 4.71. The van der Waals surface area contributed by atoms with Gasteiger partial charge in [-0.25, -0.2) is 4.39 Å². The van der Waals surface area contributed by atoms with Gasteiger partial charge in [0.2, 0.25) is 0 Å². The van der Waals surface area contributed by atoms with E-state index in [9.17, 15) is 9.50 Å². The summed E-state index contributed by atoms with van der Waals surface area (Å²) >= 11 is 0. The second kappa shape index (κ2) is 8.09. The molecule has 0 radical (unpaired) electrons. The zero-order valence-corrected chi connectivity index (χ0v) is 14.4. The third-order valence-electron chi connectivity index (χ3n) is 4.71. The molecule has 3 aromatic rings. The van der Waals surface area contributed by atoms with E-state index in [4.69, 9.17) is 0 Å². The summed E-state index contributed by atoms with van der Waals surface area (Å²) in [6.07, 6.45) is 1.90. The molecule has 0 aromatic heterocycles. The van der Waals surface area contributed by atoms with E-state index in [0.29, 0.717) is 6.42 Å². The van der Waals surface area contributed by atoms with E-state index in [1.807, 2.05) is 72.8 Å². The Kier molecular flexibility index (Phi) is 5.62. The van der Waals surface area contributed by atoms with Crippen LogP contribution in [0.1, 0.15) is 30.6 Å². The Morgan fingerprint density at radius 3 is 2.36 bits per heavy atom. The summed E-state index contributed by atoms with van der Waals surface area (Å²) in [7, 11) is 0. The average Bonchev–Trinajstić information content (AvgIpc) is 2.68. The lowest BCUT2D eigenvalue weighted by Gasteiger charge is -2.22. The van der Waals surface area contributed by atoms with Crippen molar-refractivity contribution in [2.75, 3.05) is 0 Å². The van der Waals surface area contributed by atoms with Crippen molar-refractivity contribution in [3.63, 3.8) is 0 Å². The first kappa shape index (κ1) is 17.4. The molecule has 3 aromatic carbocycles. The smallest absolute Gasteiger partial charge is 0.102 e. The first-order valence-electron chi connectivity index (χ1n) is 8.71. The molecule has 0 amide bonds. The average molecular weight is 334 g/mol. The van der Waals surface area contributed by atoms with E-state index in [0.717, 1.165) is 28.3 Å². The molecule has 0 aliphatic carbocycles. The van der Waals surface area contributed by atoms with Gasteiger partial charge in [-0.2, -0.15) is 0 Å². The van der Waals surface area contributed by atoms with Crippen LogP contribution in [0.3, 0.4) is 0 Å². The molecule has 1 N–H and O–H groups in total. The maximum Gasteiger partial charge on any atom is 0.102 e. The molecule has 3 rings (SSSR count). The zero-order valence-electron chi connectivity index (χ0n) is 14.4. The highest BCUT2D eigenvalue weighted by Crippen LogP contribution is 2.33. The first-order chi connectivity index (χ1) is 12.2. The molecule has 0 aliphatic heterocycles. The summed E-state index contributed by atoms with van der Waals surface area (Å²) in [6.45, 7) is 1.68. The second-order valence-corrected chi connectivity index (χ2v) is 6.36. The number of halogens is 1. The minimum absolute atomic E-state index is 0.253. The van der Waals surface area contributed by atoms with Gasteiger partial charge in [-0.15, -0.1) is 0 Å². The lowest BCUT2D eigenvalue weighted by Crippen LogP contribution is -2.15. The van der Waals surface area contributed by atoms with Gasteiger partial charge >= 0.3 is 0 Å². The van der Waals surface area contributed by atoms with Crippen molar-refractivity contribution < 1.29 is 9.50 Å². The molecule has 0 saturated heterocycles. The Balaban J connectivity index is 1.83. The van der Waals surface area contributed by atoms with E-state index in [1.165, 1.54) is 6.08 Å². The number of aliphatic hydroxyl groups is 1. The SMILES string of the molecule is C/C=C(\F)[C@@H](CCc1ccccc1)[C@@H](O)c1ccc2ccccc2c1. The number of rotatable bonds is 6. The van der Waals surface area contributed by atoms with Crippen LogP contribution in [0.2, 0.25) is 0 Å². The van der Waals surface area contributed by atoms with Crippen LogP contribution in [0.5, 0.6) is 0 Å². The maximum atomic E-state index is 14.5. The number of hydrogen-bond donors (Lipinski definition) is 1. The Morgan fingerprint density at radius 1 is 0.960 bits per heavy atom. The van der Waals surface area contributed by atoms with Gasteiger partial charge in [-0.05, 0) is 47.7 Å². The molecule has 0 fully saturated rings. The Hall–Kier alpha value is -2.45. The quantitative estimate of drug-likeness (QED) is 0.586. The molecule has 0 spiro atoms. The van der Waals surface area contributed by atoms with E-state index in [-0.39, 0.29) is 5.83 Å². The van der Waals surface area contributed by atoms with E-state index in [1.54, 1.807) is 6.92 Å². The van der Waals surface area contributed by atoms with Crippen LogP contribution in [-0.4, -0.2) is 5.11 Å². The molecule has 0 heterocycles. The van der Waals surface area contributed by atoms with Crippen LogP contribution in [0, 0.1) is 5.92 Å². The van der Waals surface area contributed by atoms with Crippen molar-refractivity contribution >= 4 is 10.8 Å². The Bertz CT molecular complexity index is 854. The van der Waals surface area contributed by atoms with Crippen LogP contribution < -0.4 is 0 Å². The second-order valence-electron chi connectivity index (χ2n) is 6.36. The molecule has 0 unspecified atom stereocenters. The summed E-state index contributed by atoms with van der Waals surface area (Å²) in [6, 6.07) is 23.8. The zero-order chi connectivity index (χ0) is 17.6. The van der Waals surface area contributed by atoms with Crippen molar-refractivity contribution in [1.82, 2.24) is 0 Å². The number of hydrogen-bond acceptors (Lipinski definition) is 1. The fourth-order valence-electron chi connectivity index (χ4n) is 3.25. The van der Waals surface area contributed by atoms with Crippen LogP contribution in [0.15, 0.2) is 84.7 Å². The van der Waals surface area contributed by atoms with Crippen LogP contribution in [0.4, 0.5) is 4.39 Å². The monoisotopic (exact) mass is 334 g/mol. The van der Waals surface area contributed by atoms with Gasteiger partial charge in [0.25, 0.3) is 0 Å². The van der Waals surface area contributed by atoms with E-state index in [2.05, 4.69) is 0 Å². The Morgan fingerprint density at radius 2 is 1.64 bits per heavy atom. The highest BCUT2D eigenvalue weighted by Gasteiger charge is 2.25. The lowest BCUT2D eigenvalue weighted by atomic mass is 9.88. The maximum absolute atomic E-state index is 14.5. The number of benzene rings is 3. The molecule has 128 valence electrons. The first-order valence-corrected chi connectivity index (χ1v) is 8.71. The topological polar surface area (TPSA) is 20.2 Å². The fraction of sp³-hybridized carbons (Fsp3) is 0.217. The van der Waals surface area contributed by atoms with Crippen LogP contribution >= 0.6 is 0 Å². The molecule has 1 nitrogen and oxygen atoms in total. The number of allylic oxidation sites excluding steroid dienone is 1. The van der Waals surface area contributed by atoms with E-state index >= 15 is 0 Å². The molecule has 0 saturated carbocycles. The van der Waals surface area contributed by atoms with Crippen molar-refractivity contribution in [1.29, 1.82) is 0 Å². The van der Waals surface area contributed by atoms with Crippen LogP contribution in [0.25, 0.3) is 10.8 Å². The molecule has 2 heteroatoms. The molecular weight excluding hydrogens is 311 g/mol. The summed E-state index contributed by atoms with van der Waals surface area (Å²) in [4.78, 5) is 0. The molecule has 0 aliphatic rings. The lowest BCUT2D eigenvalue weighted by molar-refractivity contribution is 0.109. The van der Waals surface area contributed by atoms with Crippen molar-refractivity contribution in [3.8, 4) is 0 Å². The summed E-state index contributed by atoms with van der Waals surface area (Å²) in [5.41, 5.74) is 1.91. The number of fused-ring (bicyclic) bond motifs is 1. The highest BCUT2D eigenvalue weighted by molar-refractivity contribution is 5.83. The molecule has 25 heavy (non-hydrogen) atoms. The highest BCUT2D eigenvalue weighted by atomic mass is 19.1. The van der Waals surface area contributed by atoms with Gasteiger partial charge in [0.05, 0.1) is 6.10 Å². The summed E-state index contributed by atoms with van der Waals surface area (Å²) in [5, 5.41) is 13.0.